The molecule has 0 aliphatic heterocycles. The van der Waals surface area contributed by atoms with Crippen molar-refractivity contribution < 1.29 is 27.4 Å². The number of alkyl carbamates (subject to hydrolysis) is 1. The second-order valence-corrected chi connectivity index (χ2v) is 6.26. The number of ether oxygens (including phenoxy) is 2. The lowest BCUT2D eigenvalue weighted by molar-refractivity contribution is -0.165. The zero-order chi connectivity index (χ0) is 17.7. The van der Waals surface area contributed by atoms with Gasteiger partial charge in [0.05, 0.1) is 6.61 Å². The molecule has 7 heteroatoms. The number of methoxy groups -OCH3 is 1. The van der Waals surface area contributed by atoms with Gasteiger partial charge in [-0.15, -0.1) is 0 Å². The lowest BCUT2D eigenvalue weighted by Gasteiger charge is -2.31. The lowest BCUT2D eigenvalue weighted by atomic mass is 9.84. The Morgan fingerprint density at radius 1 is 1.17 bits per heavy atom. The summed E-state index contributed by atoms with van der Waals surface area (Å²) >= 11 is 0. The van der Waals surface area contributed by atoms with Gasteiger partial charge in [0.15, 0.2) is 6.04 Å². The Hall–Kier alpha value is -1.76. The van der Waals surface area contributed by atoms with Crippen LogP contribution in [0.1, 0.15) is 32.4 Å². The standard InChI is InChI=1S/C16H22F3NO3/c1-15(2,3)13(11-8-6-5-7-9-11)23-14(21)20-12(10-22-4)16(17,18)19/h5-9,12-13H,10H2,1-4H3,(H,20,21). The van der Waals surface area contributed by atoms with Crippen LogP contribution in [0.15, 0.2) is 30.3 Å². The van der Waals surface area contributed by atoms with Crippen molar-refractivity contribution in [3.8, 4) is 0 Å². The molecule has 0 heterocycles. The van der Waals surface area contributed by atoms with Crippen LogP contribution in [0.25, 0.3) is 0 Å². The molecule has 1 aromatic carbocycles. The van der Waals surface area contributed by atoms with E-state index in [0.717, 1.165) is 7.11 Å². The highest BCUT2D eigenvalue weighted by atomic mass is 19.4. The zero-order valence-corrected chi connectivity index (χ0v) is 13.6. The van der Waals surface area contributed by atoms with E-state index in [4.69, 9.17) is 4.74 Å². The first kappa shape index (κ1) is 19.3. The number of benzene rings is 1. The van der Waals surface area contributed by atoms with Gasteiger partial charge in [-0.05, 0) is 5.56 Å². The number of halogens is 3. The molecular formula is C16H22F3NO3. The number of carbonyl (C=O) groups is 1. The first-order chi connectivity index (χ1) is 10.6. The van der Waals surface area contributed by atoms with Gasteiger partial charge in [-0.25, -0.2) is 4.79 Å². The highest BCUT2D eigenvalue weighted by Gasteiger charge is 2.42. The molecule has 1 aromatic rings. The van der Waals surface area contributed by atoms with Crippen LogP contribution in [-0.2, 0) is 9.47 Å². The van der Waals surface area contributed by atoms with Crippen molar-refractivity contribution in [3.05, 3.63) is 35.9 Å². The third kappa shape index (κ3) is 6.09. The monoisotopic (exact) mass is 333 g/mol. The maximum absolute atomic E-state index is 12.8. The van der Waals surface area contributed by atoms with Gasteiger partial charge in [0.1, 0.15) is 6.10 Å². The van der Waals surface area contributed by atoms with Crippen molar-refractivity contribution in [2.45, 2.75) is 39.1 Å². The number of carbonyl (C=O) groups excluding carboxylic acids is 1. The number of rotatable bonds is 5. The van der Waals surface area contributed by atoms with Gasteiger partial charge in [0, 0.05) is 12.5 Å². The largest absolute Gasteiger partial charge is 0.441 e. The quantitative estimate of drug-likeness (QED) is 0.883. The second-order valence-electron chi connectivity index (χ2n) is 6.26. The van der Waals surface area contributed by atoms with Crippen molar-refractivity contribution in [2.24, 2.45) is 5.41 Å². The number of amides is 1. The summed E-state index contributed by atoms with van der Waals surface area (Å²) in [5.41, 5.74) is 0.235. The first-order valence-electron chi connectivity index (χ1n) is 7.13. The van der Waals surface area contributed by atoms with E-state index in [0.29, 0.717) is 5.56 Å². The Morgan fingerprint density at radius 3 is 2.17 bits per heavy atom. The minimum atomic E-state index is -4.61. The van der Waals surface area contributed by atoms with Gasteiger partial charge >= 0.3 is 12.3 Å². The van der Waals surface area contributed by atoms with Gasteiger partial charge in [-0.2, -0.15) is 13.2 Å². The van der Waals surface area contributed by atoms with Crippen molar-refractivity contribution in [3.63, 3.8) is 0 Å². The molecule has 0 spiro atoms. The maximum Gasteiger partial charge on any atom is 0.410 e. The third-order valence-corrected chi connectivity index (χ3v) is 3.13. The van der Waals surface area contributed by atoms with Crippen LogP contribution >= 0.6 is 0 Å². The smallest absolute Gasteiger partial charge is 0.410 e. The average Bonchev–Trinajstić information content (AvgIpc) is 2.43. The zero-order valence-electron chi connectivity index (χ0n) is 13.6. The Labute approximate surface area is 134 Å². The molecular weight excluding hydrogens is 311 g/mol. The second kappa shape index (κ2) is 7.68. The van der Waals surface area contributed by atoms with E-state index in [2.05, 4.69) is 4.74 Å². The molecule has 0 aliphatic rings. The molecule has 1 rings (SSSR count). The first-order valence-corrected chi connectivity index (χ1v) is 7.13. The van der Waals surface area contributed by atoms with E-state index >= 15 is 0 Å². The molecule has 0 radical (unpaired) electrons. The van der Waals surface area contributed by atoms with Crippen LogP contribution in [-0.4, -0.2) is 32.0 Å². The minimum Gasteiger partial charge on any atom is -0.441 e. The molecule has 2 atom stereocenters. The predicted octanol–water partition coefficient (Wildman–Crippen LogP) is 4.08. The van der Waals surface area contributed by atoms with Gasteiger partial charge in [0.25, 0.3) is 0 Å². The molecule has 0 fully saturated rings. The van der Waals surface area contributed by atoms with Crippen LogP contribution in [0.3, 0.4) is 0 Å². The number of nitrogens with one attached hydrogen (secondary N) is 1. The maximum atomic E-state index is 12.8. The summed E-state index contributed by atoms with van der Waals surface area (Å²) in [6.45, 7) is 4.85. The van der Waals surface area contributed by atoms with E-state index in [1.165, 1.54) is 0 Å². The van der Waals surface area contributed by atoms with Crippen LogP contribution in [0.2, 0.25) is 0 Å². The Kier molecular flexibility index (Phi) is 6.44. The summed E-state index contributed by atoms with van der Waals surface area (Å²) in [4.78, 5) is 11.9. The molecule has 1 amide bonds. The fourth-order valence-corrected chi connectivity index (χ4v) is 2.04. The van der Waals surface area contributed by atoms with Crippen LogP contribution in [0, 0.1) is 5.41 Å². The fourth-order valence-electron chi connectivity index (χ4n) is 2.04. The fraction of sp³-hybridized carbons (Fsp3) is 0.562. The molecule has 1 N–H and O–H groups in total. The van der Waals surface area contributed by atoms with Gasteiger partial charge < -0.3 is 14.8 Å². The number of hydrogen-bond donors (Lipinski definition) is 1. The van der Waals surface area contributed by atoms with Crippen molar-refractivity contribution >= 4 is 6.09 Å². The Balaban J connectivity index is 2.86. The summed E-state index contributed by atoms with van der Waals surface area (Å²) < 4.78 is 48.2. The summed E-state index contributed by atoms with van der Waals surface area (Å²) in [5, 5.41) is 1.82. The molecule has 130 valence electrons. The predicted molar refractivity (Wildman–Crippen MR) is 80.0 cm³/mol. The summed E-state index contributed by atoms with van der Waals surface area (Å²) in [6.07, 6.45) is -6.42. The molecule has 0 aliphatic carbocycles. The molecule has 23 heavy (non-hydrogen) atoms. The van der Waals surface area contributed by atoms with Crippen LogP contribution in [0.4, 0.5) is 18.0 Å². The van der Waals surface area contributed by atoms with Crippen molar-refractivity contribution in [1.29, 1.82) is 0 Å². The summed E-state index contributed by atoms with van der Waals surface area (Å²) in [7, 11) is 1.13. The minimum absolute atomic E-state index is 0.478. The molecule has 0 bridgehead atoms. The highest BCUT2D eigenvalue weighted by molar-refractivity contribution is 5.68. The lowest BCUT2D eigenvalue weighted by Crippen LogP contribution is -2.49. The Bertz CT molecular complexity index is 498. The molecule has 2 unspecified atom stereocenters. The molecule has 0 saturated heterocycles. The van der Waals surface area contributed by atoms with E-state index < -0.39 is 36.4 Å². The SMILES string of the molecule is COCC(NC(=O)OC(c1ccccc1)C(C)(C)C)C(F)(F)F. The van der Waals surface area contributed by atoms with Gasteiger partial charge in [0.2, 0.25) is 0 Å². The van der Waals surface area contributed by atoms with Gasteiger partial charge in [-0.1, -0.05) is 51.1 Å². The molecule has 0 aromatic heterocycles. The van der Waals surface area contributed by atoms with E-state index in [9.17, 15) is 18.0 Å². The van der Waals surface area contributed by atoms with Crippen molar-refractivity contribution in [1.82, 2.24) is 5.32 Å². The van der Waals surface area contributed by atoms with Gasteiger partial charge in [-0.3, -0.25) is 0 Å². The average molecular weight is 333 g/mol. The van der Waals surface area contributed by atoms with Crippen LogP contribution < -0.4 is 5.32 Å². The van der Waals surface area contributed by atoms with Crippen molar-refractivity contribution in [2.75, 3.05) is 13.7 Å². The van der Waals surface area contributed by atoms with E-state index in [-0.39, 0.29) is 0 Å². The highest BCUT2D eigenvalue weighted by Crippen LogP contribution is 2.36. The third-order valence-electron chi connectivity index (χ3n) is 3.13. The normalized spacial score (nSPS) is 14.9. The summed E-state index contributed by atoms with van der Waals surface area (Å²) in [5.74, 6) is 0. The number of alkyl halides is 3. The Morgan fingerprint density at radius 2 is 1.74 bits per heavy atom. The summed E-state index contributed by atoms with van der Waals surface area (Å²) in [6, 6.07) is 6.77. The van der Waals surface area contributed by atoms with Crippen LogP contribution in [0.5, 0.6) is 0 Å². The topological polar surface area (TPSA) is 47.6 Å². The molecule has 4 nitrogen and oxygen atoms in total. The number of hydrogen-bond acceptors (Lipinski definition) is 3. The van der Waals surface area contributed by atoms with E-state index in [1.807, 2.05) is 32.2 Å². The van der Waals surface area contributed by atoms with E-state index in [1.54, 1.807) is 24.3 Å². The molecule has 0 saturated carbocycles.